The number of anilines is 3. The number of ether oxygens (including phenoxy) is 1. The molecule has 0 aliphatic carbocycles. The van der Waals surface area contributed by atoms with Crippen molar-refractivity contribution in [3.8, 4) is 11.3 Å². The van der Waals surface area contributed by atoms with Crippen molar-refractivity contribution in [2.45, 2.75) is 12.5 Å². The lowest BCUT2D eigenvalue weighted by molar-refractivity contribution is 0.102. The van der Waals surface area contributed by atoms with Crippen molar-refractivity contribution in [2.75, 3.05) is 61.1 Å². The minimum Gasteiger partial charge on any atom is -0.422 e. The number of aromatic nitrogens is 5. The molecule has 0 radical (unpaired) electrons. The highest BCUT2D eigenvalue weighted by Crippen LogP contribution is 2.35. The molecular formula is C26H29N9O3. The van der Waals surface area contributed by atoms with Crippen molar-refractivity contribution in [2.24, 2.45) is 13.0 Å². The third kappa shape index (κ3) is 4.15. The van der Waals surface area contributed by atoms with Gasteiger partial charge in [0.15, 0.2) is 5.58 Å². The first-order valence-electron chi connectivity index (χ1n) is 13.0. The van der Waals surface area contributed by atoms with E-state index in [0.29, 0.717) is 72.7 Å². The number of nitrogens with one attached hydrogen (secondary N) is 2. The van der Waals surface area contributed by atoms with Gasteiger partial charge in [-0.05, 0) is 24.5 Å². The van der Waals surface area contributed by atoms with Crippen LogP contribution >= 0.6 is 0 Å². The summed E-state index contributed by atoms with van der Waals surface area (Å²) in [6.07, 6.45) is 4.70. The maximum atomic E-state index is 13.7. The predicted octanol–water partition coefficient (Wildman–Crippen LogP) is 1.91. The summed E-state index contributed by atoms with van der Waals surface area (Å²) < 4.78 is 13.3. The zero-order chi connectivity index (χ0) is 25.6. The Morgan fingerprint density at radius 2 is 2.03 bits per heavy atom. The van der Waals surface area contributed by atoms with Crippen LogP contribution in [0.4, 0.5) is 17.7 Å². The van der Waals surface area contributed by atoms with Crippen molar-refractivity contribution in [3.63, 3.8) is 0 Å². The predicted molar refractivity (Wildman–Crippen MR) is 141 cm³/mol. The minimum absolute atomic E-state index is 0.288. The third-order valence-electron chi connectivity index (χ3n) is 7.59. The molecule has 3 fully saturated rings. The number of aryl methyl sites for hydroxylation is 1. The number of carbonyl (C=O) groups excluding carboxylic acids is 1. The summed E-state index contributed by atoms with van der Waals surface area (Å²) in [5.41, 5.74) is 3.04. The van der Waals surface area contributed by atoms with Crippen LogP contribution in [-0.4, -0.2) is 82.6 Å². The van der Waals surface area contributed by atoms with Gasteiger partial charge in [-0.2, -0.15) is 10.1 Å². The van der Waals surface area contributed by atoms with Gasteiger partial charge in [0.1, 0.15) is 11.6 Å². The van der Waals surface area contributed by atoms with Crippen LogP contribution in [0.25, 0.3) is 22.5 Å². The highest BCUT2D eigenvalue weighted by atomic mass is 16.5. The molecule has 3 aliphatic heterocycles. The second-order valence-corrected chi connectivity index (χ2v) is 10.0. The van der Waals surface area contributed by atoms with Crippen LogP contribution in [0.15, 0.2) is 41.1 Å². The van der Waals surface area contributed by atoms with E-state index in [1.165, 1.54) is 0 Å². The summed E-state index contributed by atoms with van der Waals surface area (Å²) >= 11 is 0. The van der Waals surface area contributed by atoms with Gasteiger partial charge in [-0.15, -0.1) is 0 Å². The number of carbonyl (C=O) groups is 1. The molecule has 38 heavy (non-hydrogen) atoms. The van der Waals surface area contributed by atoms with Crippen molar-refractivity contribution in [3.05, 3.63) is 42.2 Å². The second-order valence-electron chi connectivity index (χ2n) is 10.0. The van der Waals surface area contributed by atoms with Crippen molar-refractivity contribution in [1.82, 2.24) is 30.0 Å². The number of amides is 1. The number of rotatable bonds is 5. The number of hydrogen-bond acceptors (Lipinski definition) is 10. The van der Waals surface area contributed by atoms with E-state index in [1.807, 2.05) is 30.3 Å². The highest BCUT2D eigenvalue weighted by Gasteiger charge is 2.40. The van der Waals surface area contributed by atoms with Gasteiger partial charge >= 0.3 is 0 Å². The van der Waals surface area contributed by atoms with Gasteiger partial charge in [0.2, 0.25) is 5.65 Å². The molecule has 0 saturated carbocycles. The van der Waals surface area contributed by atoms with Gasteiger partial charge in [-0.3, -0.25) is 9.48 Å². The van der Waals surface area contributed by atoms with Gasteiger partial charge in [0.25, 0.3) is 11.9 Å². The molecule has 7 rings (SSSR count). The SMILES string of the molecule is Cn1cc(-c2cccc(NC(=O)c3cc4oc(N5CCOCC5)nc4nc3N3CCC4CNCC43)n2)cn1. The molecule has 2 unspecified atom stereocenters. The number of nitrogens with zero attached hydrogens (tertiary/aromatic N) is 7. The smallest absolute Gasteiger partial charge is 0.300 e. The first kappa shape index (κ1) is 23.1. The quantitative estimate of drug-likeness (QED) is 0.407. The van der Waals surface area contributed by atoms with Crippen LogP contribution in [0, 0.1) is 5.92 Å². The maximum absolute atomic E-state index is 13.7. The van der Waals surface area contributed by atoms with Crippen LogP contribution in [0.3, 0.4) is 0 Å². The lowest BCUT2D eigenvalue weighted by Crippen LogP contribution is -2.36. The van der Waals surface area contributed by atoms with E-state index >= 15 is 0 Å². The summed E-state index contributed by atoms with van der Waals surface area (Å²) in [7, 11) is 1.86. The molecule has 12 nitrogen and oxygen atoms in total. The molecule has 0 bridgehead atoms. The largest absolute Gasteiger partial charge is 0.422 e. The molecule has 3 aliphatic rings. The van der Waals surface area contributed by atoms with Crippen molar-refractivity contribution in [1.29, 1.82) is 0 Å². The normalized spacial score (nSPS) is 21.3. The molecule has 4 aromatic rings. The van der Waals surface area contributed by atoms with Crippen molar-refractivity contribution < 1.29 is 13.9 Å². The Balaban J connectivity index is 1.25. The maximum Gasteiger partial charge on any atom is 0.300 e. The van der Waals surface area contributed by atoms with Crippen LogP contribution in [0.5, 0.6) is 0 Å². The first-order valence-corrected chi connectivity index (χ1v) is 13.0. The fourth-order valence-corrected chi connectivity index (χ4v) is 5.63. The van der Waals surface area contributed by atoms with E-state index in [1.54, 1.807) is 23.0 Å². The Morgan fingerprint density at radius 1 is 1.13 bits per heavy atom. The number of fused-ring (bicyclic) bond motifs is 2. The molecule has 4 aromatic heterocycles. The summed E-state index contributed by atoms with van der Waals surface area (Å²) in [5, 5.41) is 10.7. The third-order valence-corrected chi connectivity index (χ3v) is 7.59. The summed E-state index contributed by atoms with van der Waals surface area (Å²) in [4.78, 5) is 32.3. The molecule has 196 valence electrons. The van der Waals surface area contributed by atoms with E-state index in [2.05, 4.69) is 30.6 Å². The average molecular weight is 516 g/mol. The summed E-state index contributed by atoms with van der Waals surface area (Å²) in [6.45, 7) is 5.36. The average Bonchev–Trinajstić information content (AvgIpc) is 3.73. The van der Waals surface area contributed by atoms with Gasteiger partial charge in [0, 0.05) is 63.6 Å². The molecule has 7 heterocycles. The second kappa shape index (κ2) is 9.37. The number of oxazole rings is 1. The van der Waals surface area contributed by atoms with Crippen LogP contribution in [0.2, 0.25) is 0 Å². The van der Waals surface area contributed by atoms with E-state index < -0.39 is 0 Å². The summed E-state index contributed by atoms with van der Waals surface area (Å²) in [5.74, 6) is 1.35. The van der Waals surface area contributed by atoms with Crippen LogP contribution < -0.4 is 20.4 Å². The zero-order valence-electron chi connectivity index (χ0n) is 21.1. The number of pyridine rings is 2. The molecular weight excluding hydrogens is 486 g/mol. The van der Waals surface area contributed by atoms with Gasteiger partial charge < -0.3 is 29.6 Å². The monoisotopic (exact) mass is 515 g/mol. The van der Waals surface area contributed by atoms with Gasteiger partial charge in [-0.1, -0.05) is 6.07 Å². The van der Waals surface area contributed by atoms with Gasteiger partial charge in [0.05, 0.1) is 30.7 Å². The van der Waals surface area contributed by atoms with E-state index in [-0.39, 0.29) is 5.91 Å². The molecule has 12 heteroatoms. The molecule has 2 N–H and O–H groups in total. The Bertz CT molecular complexity index is 1490. The Kier molecular flexibility index (Phi) is 5.70. The van der Waals surface area contributed by atoms with Gasteiger partial charge in [-0.25, -0.2) is 9.97 Å². The summed E-state index contributed by atoms with van der Waals surface area (Å²) in [6, 6.07) is 8.11. The molecule has 3 saturated heterocycles. The van der Waals surface area contributed by atoms with Crippen LogP contribution in [-0.2, 0) is 11.8 Å². The minimum atomic E-state index is -0.288. The van der Waals surface area contributed by atoms with E-state index in [9.17, 15) is 4.79 Å². The molecule has 0 aromatic carbocycles. The Hall–Kier alpha value is -4.03. The highest BCUT2D eigenvalue weighted by molar-refractivity contribution is 6.09. The topological polar surface area (TPSA) is 126 Å². The molecule has 0 spiro atoms. The standard InChI is InChI=1S/C26H29N9O3/c1-33-15-17(13-28-33)19-3-2-4-22(29-19)30-25(36)18-11-21-23(32-26(38-21)34-7-9-37-10-8-34)31-24(18)35-6-5-16-12-27-14-20(16)35/h2-4,11,13,15-16,20,27H,5-10,12,14H2,1H3,(H,29,30,36). The lowest BCUT2D eigenvalue weighted by Gasteiger charge is -2.26. The molecule has 2 atom stereocenters. The fraction of sp³-hybridized carbons (Fsp3) is 0.423. The molecule has 1 amide bonds. The zero-order valence-corrected chi connectivity index (χ0v) is 21.1. The fourth-order valence-electron chi connectivity index (χ4n) is 5.63. The number of hydrogen-bond donors (Lipinski definition) is 2. The van der Waals surface area contributed by atoms with Crippen LogP contribution in [0.1, 0.15) is 16.8 Å². The first-order chi connectivity index (χ1) is 18.6. The Labute approximate surface area is 219 Å². The number of morpholine rings is 1. The lowest BCUT2D eigenvalue weighted by atomic mass is 10.0. The van der Waals surface area contributed by atoms with E-state index in [0.717, 1.165) is 37.3 Å². The van der Waals surface area contributed by atoms with Crippen molar-refractivity contribution >= 4 is 34.8 Å². The van der Waals surface area contributed by atoms with E-state index in [4.69, 9.17) is 14.1 Å². The Morgan fingerprint density at radius 3 is 2.87 bits per heavy atom.